The van der Waals surface area contributed by atoms with Crippen LogP contribution in [-0.4, -0.2) is 26.9 Å². The molecule has 0 aliphatic rings. The van der Waals surface area contributed by atoms with Gasteiger partial charge < -0.3 is 14.9 Å². The number of aromatic nitrogens is 2. The molecule has 0 saturated carbocycles. The van der Waals surface area contributed by atoms with Crippen LogP contribution in [0.3, 0.4) is 0 Å². The Morgan fingerprint density at radius 2 is 2.50 bits per heavy atom. The summed E-state index contributed by atoms with van der Waals surface area (Å²) >= 11 is 1.28. The highest BCUT2D eigenvalue weighted by molar-refractivity contribution is 7.15. The molecule has 0 amide bonds. The number of hydrogen-bond donors (Lipinski definition) is 0. The summed E-state index contributed by atoms with van der Waals surface area (Å²) in [4.78, 5) is 26.2. The number of carbonyl (C=O) groups excluding carboxylic acids is 1. The monoisotopic (exact) mass is 267 g/mol. The largest absolute Gasteiger partial charge is 0.463 e. The molecule has 2 heterocycles. The summed E-state index contributed by atoms with van der Waals surface area (Å²) in [5.41, 5.74) is 0.139. The van der Waals surface area contributed by atoms with Crippen molar-refractivity contribution < 1.29 is 14.5 Å². The Kier molecular flexibility index (Phi) is 3.38. The Labute approximate surface area is 105 Å². The smallest absolute Gasteiger partial charge is 0.356 e. The second-order valence-corrected chi connectivity index (χ2v) is 4.09. The first-order valence-electron chi connectivity index (χ1n) is 5.08. The van der Waals surface area contributed by atoms with Crippen LogP contribution in [0.4, 0.5) is 5.82 Å². The molecule has 2 aromatic rings. The van der Waals surface area contributed by atoms with Crippen LogP contribution in [-0.2, 0) is 9.53 Å². The zero-order valence-electron chi connectivity index (χ0n) is 9.40. The van der Waals surface area contributed by atoms with Gasteiger partial charge in [-0.3, -0.25) is 0 Å². The second-order valence-electron chi connectivity index (χ2n) is 3.22. The average Bonchev–Trinajstić information content (AvgIpc) is 2.85. The fourth-order valence-corrected chi connectivity index (χ4v) is 2.14. The van der Waals surface area contributed by atoms with Crippen molar-refractivity contribution in [3.8, 4) is 0 Å². The third-order valence-corrected chi connectivity index (χ3v) is 2.86. The molecule has 0 bridgehead atoms. The van der Waals surface area contributed by atoms with Gasteiger partial charge in [-0.05, 0) is 17.9 Å². The summed E-state index contributed by atoms with van der Waals surface area (Å²) in [5.74, 6) is -0.713. The first kappa shape index (κ1) is 12.2. The van der Waals surface area contributed by atoms with Crippen LogP contribution >= 0.6 is 11.3 Å². The highest BCUT2D eigenvalue weighted by Gasteiger charge is 2.21. The fraction of sp³-hybridized carbons (Fsp3) is 0.200. The third-order valence-electron chi connectivity index (χ3n) is 2.10. The standard InChI is InChI=1S/C10H9N3O4S/c1-2-17-8(14)4-3-7-9(13(15)16)12-5-6-18-10(12)11-7/h3-6H,2H2,1H3/b4-3+. The summed E-state index contributed by atoms with van der Waals surface area (Å²) < 4.78 is 6.06. The van der Waals surface area contributed by atoms with Gasteiger partial charge in [-0.25, -0.2) is 4.79 Å². The molecule has 0 spiro atoms. The normalized spacial score (nSPS) is 11.2. The molecule has 0 saturated heterocycles. The molecule has 0 aliphatic carbocycles. The molecule has 0 unspecified atom stereocenters. The predicted octanol–water partition coefficient (Wildman–Crippen LogP) is 1.88. The molecule has 0 aromatic carbocycles. The van der Waals surface area contributed by atoms with Crippen LogP contribution in [0.25, 0.3) is 11.0 Å². The summed E-state index contributed by atoms with van der Waals surface area (Å²) in [7, 11) is 0. The number of hydrogen-bond acceptors (Lipinski definition) is 6. The van der Waals surface area contributed by atoms with E-state index >= 15 is 0 Å². The molecule has 0 atom stereocenters. The zero-order chi connectivity index (χ0) is 13.1. The topological polar surface area (TPSA) is 86.7 Å². The van der Waals surface area contributed by atoms with Crippen molar-refractivity contribution in [2.45, 2.75) is 6.92 Å². The lowest BCUT2D eigenvalue weighted by atomic mass is 10.4. The van der Waals surface area contributed by atoms with Crippen LogP contribution in [0.1, 0.15) is 12.6 Å². The number of carbonyl (C=O) groups is 1. The number of thiazole rings is 1. The fourth-order valence-electron chi connectivity index (χ4n) is 1.42. The molecule has 8 heteroatoms. The van der Waals surface area contributed by atoms with E-state index in [4.69, 9.17) is 4.74 Å². The maximum Gasteiger partial charge on any atom is 0.356 e. The van der Waals surface area contributed by atoms with Crippen LogP contribution in [0.15, 0.2) is 17.7 Å². The number of esters is 1. The Morgan fingerprint density at radius 1 is 1.72 bits per heavy atom. The van der Waals surface area contributed by atoms with E-state index in [1.54, 1.807) is 18.5 Å². The minimum atomic E-state index is -0.553. The van der Waals surface area contributed by atoms with Crippen molar-refractivity contribution >= 4 is 34.2 Å². The van der Waals surface area contributed by atoms with Gasteiger partial charge in [0.15, 0.2) is 5.69 Å². The number of ether oxygens (including phenoxy) is 1. The van der Waals surface area contributed by atoms with Gasteiger partial charge in [-0.1, -0.05) is 11.3 Å². The van der Waals surface area contributed by atoms with Crippen molar-refractivity contribution in [2.24, 2.45) is 0 Å². The molecule has 7 nitrogen and oxygen atoms in total. The first-order chi connectivity index (χ1) is 8.63. The van der Waals surface area contributed by atoms with Crippen molar-refractivity contribution in [2.75, 3.05) is 6.61 Å². The molecule has 18 heavy (non-hydrogen) atoms. The molecule has 0 aliphatic heterocycles. The summed E-state index contributed by atoms with van der Waals surface area (Å²) in [6.45, 7) is 1.93. The molecule has 0 N–H and O–H groups in total. The lowest BCUT2D eigenvalue weighted by Gasteiger charge is -1.94. The Hall–Kier alpha value is -2.22. The number of nitro groups is 1. The van der Waals surface area contributed by atoms with Gasteiger partial charge in [-0.2, -0.15) is 9.38 Å². The number of nitrogens with zero attached hydrogens (tertiary/aromatic N) is 3. The van der Waals surface area contributed by atoms with E-state index in [1.807, 2.05) is 0 Å². The quantitative estimate of drug-likeness (QED) is 0.365. The van der Waals surface area contributed by atoms with E-state index in [0.29, 0.717) is 4.96 Å². The number of imidazole rings is 1. The van der Waals surface area contributed by atoms with Crippen LogP contribution in [0, 0.1) is 10.1 Å². The number of fused-ring (bicyclic) bond motifs is 1. The predicted molar refractivity (Wildman–Crippen MR) is 65.4 cm³/mol. The molecule has 94 valence electrons. The average molecular weight is 267 g/mol. The van der Waals surface area contributed by atoms with E-state index in [2.05, 4.69) is 4.98 Å². The molecule has 2 aromatic heterocycles. The maximum absolute atomic E-state index is 11.1. The van der Waals surface area contributed by atoms with Crippen molar-refractivity contribution in [3.05, 3.63) is 33.5 Å². The van der Waals surface area contributed by atoms with E-state index < -0.39 is 10.9 Å². The van der Waals surface area contributed by atoms with Crippen LogP contribution in [0.5, 0.6) is 0 Å². The minimum Gasteiger partial charge on any atom is -0.463 e. The lowest BCUT2D eigenvalue weighted by Crippen LogP contribution is -1.99. The molecular formula is C10H9N3O4S. The van der Waals surface area contributed by atoms with Crippen molar-refractivity contribution in [3.63, 3.8) is 0 Å². The zero-order valence-corrected chi connectivity index (χ0v) is 10.2. The summed E-state index contributed by atoms with van der Waals surface area (Å²) in [6.07, 6.45) is 3.98. The maximum atomic E-state index is 11.1. The highest BCUT2D eigenvalue weighted by atomic mass is 32.1. The molecule has 2 rings (SSSR count). The Morgan fingerprint density at radius 3 is 3.17 bits per heavy atom. The van der Waals surface area contributed by atoms with Gasteiger partial charge in [0.05, 0.1) is 6.61 Å². The molecule has 0 radical (unpaired) electrons. The van der Waals surface area contributed by atoms with Gasteiger partial charge in [0.2, 0.25) is 0 Å². The highest BCUT2D eigenvalue weighted by Crippen LogP contribution is 2.24. The van der Waals surface area contributed by atoms with Crippen molar-refractivity contribution in [1.29, 1.82) is 0 Å². The molecular weight excluding hydrogens is 258 g/mol. The van der Waals surface area contributed by atoms with E-state index in [-0.39, 0.29) is 18.1 Å². The van der Waals surface area contributed by atoms with E-state index in [0.717, 1.165) is 6.08 Å². The van der Waals surface area contributed by atoms with Crippen LogP contribution < -0.4 is 0 Å². The van der Waals surface area contributed by atoms with E-state index in [1.165, 1.54) is 21.8 Å². The SMILES string of the molecule is CCOC(=O)/C=C/c1nc2sccn2c1[N+](=O)[O-]. The van der Waals surface area contributed by atoms with Crippen molar-refractivity contribution in [1.82, 2.24) is 9.38 Å². The number of rotatable bonds is 4. The van der Waals surface area contributed by atoms with Gasteiger partial charge in [0.25, 0.3) is 4.96 Å². The van der Waals surface area contributed by atoms with Gasteiger partial charge >= 0.3 is 11.8 Å². The van der Waals surface area contributed by atoms with Gasteiger partial charge in [-0.15, -0.1) is 0 Å². The van der Waals surface area contributed by atoms with Crippen LogP contribution in [0.2, 0.25) is 0 Å². The van der Waals surface area contributed by atoms with Gasteiger partial charge in [0.1, 0.15) is 6.20 Å². The second kappa shape index (κ2) is 4.96. The van der Waals surface area contributed by atoms with Gasteiger partial charge in [0, 0.05) is 11.5 Å². The molecule has 0 fully saturated rings. The minimum absolute atomic E-state index is 0.139. The summed E-state index contributed by atoms with van der Waals surface area (Å²) in [5, 5.41) is 12.7. The lowest BCUT2D eigenvalue weighted by molar-refractivity contribution is -0.390. The summed E-state index contributed by atoms with van der Waals surface area (Å²) in [6, 6.07) is 0. The third kappa shape index (κ3) is 2.23. The first-order valence-corrected chi connectivity index (χ1v) is 5.96. The Balaban J connectivity index is 2.38. The Bertz CT molecular complexity index is 628. The van der Waals surface area contributed by atoms with E-state index in [9.17, 15) is 14.9 Å².